The van der Waals surface area contributed by atoms with E-state index in [-0.39, 0.29) is 0 Å². The second-order valence-corrected chi connectivity index (χ2v) is 7.13. The van der Waals surface area contributed by atoms with Crippen LogP contribution in [0.2, 0.25) is 0 Å². The van der Waals surface area contributed by atoms with Crippen molar-refractivity contribution in [3.8, 4) is 17.2 Å². The van der Waals surface area contributed by atoms with Gasteiger partial charge >= 0.3 is 0 Å². The van der Waals surface area contributed by atoms with Gasteiger partial charge in [0.25, 0.3) is 0 Å². The normalized spacial score (nSPS) is 10.9. The molecule has 0 saturated carbocycles. The number of rotatable bonds is 9. The van der Waals surface area contributed by atoms with E-state index >= 15 is 0 Å². The maximum absolute atomic E-state index is 6.02. The third-order valence-electron chi connectivity index (χ3n) is 4.94. The fourth-order valence-corrected chi connectivity index (χ4v) is 3.48. The van der Waals surface area contributed by atoms with Gasteiger partial charge in [0.15, 0.2) is 11.5 Å². The maximum atomic E-state index is 6.02. The van der Waals surface area contributed by atoms with E-state index in [0.29, 0.717) is 13.2 Å². The molecule has 1 aromatic heterocycles. The molecular formula is C25H26N2O3. The average molecular weight is 402 g/mol. The molecule has 1 heterocycles. The van der Waals surface area contributed by atoms with Crippen LogP contribution in [0.25, 0.3) is 11.0 Å². The van der Waals surface area contributed by atoms with E-state index in [4.69, 9.17) is 19.2 Å². The average Bonchev–Trinajstić information content (AvgIpc) is 3.13. The van der Waals surface area contributed by atoms with Gasteiger partial charge in [-0.05, 0) is 55.3 Å². The number of benzene rings is 3. The van der Waals surface area contributed by atoms with Crippen molar-refractivity contribution >= 4 is 11.0 Å². The second-order valence-electron chi connectivity index (χ2n) is 7.13. The number of aryl methyl sites for hydroxylation is 2. The number of hydrogen-bond donors (Lipinski definition) is 0. The number of hydrogen-bond acceptors (Lipinski definition) is 4. The standard InChI is InChI=1S/C25H26N2O3/c1-19-9-7-10-20(17-19)30-18-25-26-21-11-3-4-12-22(21)27(25)15-8-16-29-24-14-6-5-13-23(24)28-2/h3-7,9-14,17H,8,15-16,18H2,1-2H3. The maximum Gasteiger partial charge on any atom is 0.161 e. The van der Waals surface area contributed by atoms with Crippen molar-refractivity contribution < 1.29 is 14.2 Å². The van der Waals surface area contributed by atoms with Crippen molar-refractivity contribution in [2.24, 2.45) is 0 Å². The van der Waals surface area contributed by atoms with Crippen molar-refractivity contribution in [1.29, 1.82) is 0 Å². The van der Waals surface area contributed by atoms with E-state index in [1.807, 2.05) is 60.7 Å². The lowest BCUT2D eigenvalue weighted by atomic mass is 10.2. The van der Waals surface area contributed by atoms with Crippen LogP contribution < -0.4 is 14.2 Å². The molecule has 4 rings (SSSR count). The predicted octanol–water partition coefficient (Wildman–Crippen LogP) is 5.40. The SMILES string of the molecule is COc1ccccc1OCCCn1c(COc2cccc(C)c2)nc2ccccc21. The summed E-state index contributed by atoms with van der Waals surface area (Å²) in [5.74, 6) is 3.28. The Kier molecular flexibility index (Phi) is 6.18. The van der Waals surface area contributed by atoms with E-state index in [2.05, 4.69) is 23.6 Å². The molecule has 0 N–H and O–H groups in total. The van der Waals surface area contributed by atoms with Gasteiger partial charge in [0.05, 0.1) is 24.8 Å². The van der Waals surface area contributed by atoms with Crippen molar-refractivity contribution in [3.05, 3.63) is 84.2 Å². The Bertz CT molecular complexity index is 1120. The van der Waals surface area contributed by atoms with Crippen LogP contribution in [0.15, 0.2) is 72.8 Å². The third-order valence-corrected chi connectivity index (χ3v) is 4.94. The number of para-hydroxylation sites is 4. The zero-order valence-corrected chi connectivity index (χ0v) is 17.4. The fourth-order valence-electron chi connectivity index (χ4n) is 3.48. The highest BCUT2D eigenvalue weighted by Gasteiger charge is 2.11. The Hall–Kier alpha value is -3.47. The molecule has 0 amide bonds. The van der Waals surface area contributed by atoms with Gasteiger partial charge < -0.3 is 18.8 Å². The molecule has 0 spiro atoms. The van der Waals surface area contributed by atoms with E-state index in [9.17, 15) is 0 Å². The first-order valence-corrected chi connectivity index (χ1v) is 10.1. The van der Waals surface area contributed by atoms with Crippen LogP contribution in [0.5, 0.6) is 17.2 Å². The van der Waals surface area contributed by atoms with E-state index < -0.39 is 0 Å². The van der Waals surface area contributed by atoms with Crippen LogP contribution in [-0.4, -0.2) is 23.3 Å². The van der Waals surface area contributed by atoms with Crippen LogP contribution in [0, 0.1) is 6.92 Å². The van der Waals surface area contributed by atoms with E-state index in [0.717, 1.165) is 47.1 Å². The monoisotopic (exact) mass is 402 g/mol. The molecule has 0 aliphatic rings. The van der Waals surface area contributed by atoms with Gasteiger partial charge in [-0.15, -0.1) is 0 Å². The van der Waals surface area contributed by atoms with Gasteiger partial charge in [0.2, 0.25) is 0 Å². The van der Waals surface area contributed by atoms with Crippen molar-refractivity contribution in [2.75, 3.05) is 13.7 Å². The topological polar surface area (TPSA) is 45.5 Å². The molecule has 0 aliphatic carbocycles. The lowest BCUT2D eigenvalue weighted by Crippen LogP contribution is -2.10. The number of nitrogens with zero attached hydrogens (tertiary/aromatic N) is 2. The van der Waals surface area contributed by atoms with Crippen LogP contribution >= 0.6 is 0 Å². The van der Waals surface area contributed by atoms with Gasteiger partial charge in [0, 0.05) is 6.54 Å². The lowest BCUT2D eigenvalue weighted by molar-refractivity contribution is 0.273. The summed E-state index contributed by atoms with van der Waals surface area (Å²) in [6.07, 6.45) is 0.843. The van der Waals surface area contributed by atoms with Gasteiger partial charge in [-0.2, -0.15) is 0 Å². The Morgan fingerprint density at radius 3 is 2.50 bits per heavy atom. The third kappa shape index (κ3) is 4.57. The number of ether oxygens (including phenoxy) is 3. The molecule has 0 saturated heterocycles. The van der Waals surface area contributed by atoms with E-state index in [1.54, 1.807) is 7.11 Å². The minimum absolute atomic E-state index is 0.422. The summed E-state index contributed by atoms with van der Waals surface area (Å²) < 4.78 is 19.5. The molecule has 0 atom stereocenters. The molecule has 0 aliphatic heterocycles. The van der Waals surface area contributed by atoms with Crippen LogP contribution in [0.1, 0.15) is 17.8 Å². The van der Waals surface area contributed by atoms with Gasteiger partial charge in [-0.1, -0.05) is 36.4 Å². The lowest BCUT2D eigenvalue weighted by Gasteiger charge is -2.13. The van der Waals surface area contributed by atoms with Crippen LogP contribution in [0.3, 0.4) is 0 Å². The van der Waals surface area contributed by atoms with Gasteiger partial charge in [-0.25, -0.2) is 4.98 Å². The summed E-state index contributed by atoms with van der Waals surface area (Å²) in [6.45, 7) is 3.86. The molecular weight excluding hydrogens is 376 g/mol. The minimum atomic E-state index is 0.422. The highest BCUT2D eigenvalue weighted by Crippen LogP contribution is 2.26. The molecule has 5 heteroatoms. The number of aromatic nitrogens is 2. The first kappa shape index (κ1) is 19.8. The van der Waals surface area contributed by atoms with Gasteiger partial charge in [0.1, 0.15) is 18.2 Å². The summed E-state index contributed by atoms with van der Waals surface area (Å²) in [5.41, 5.74) is 3.26. The molecule has 4 aromatic rings. The summed E-state index contributed by atoms with van der Waals surface area (Å²) in [7, 11) is 1.65. The zero-order valence-electron chi connectivity index (χ0n) is 17.4. The number of methoxy groups -OCH3 is 1. The fraction of sp³-hybridized carbons (Fsp3) is 0.240. The number of imidazole rings is 1. The first-order valence-electron chi connectivity index (χ1n) is 10.1. The van der Waals surface area contributed by atoms with Crippen LogP contribution in [0.4, 0.5) is 0 Å². The summed E-state index contributed by atoms with van der Waals surface area (Å²) in [4.78, 5) is 4.79. The Labute approximate surface area is 176 Å². The summed E-state index contributed by atoms with van der Waals surface area (Å²) in [5, 5.41) is 0. The Morgan fingerprint density at radius 2 is 1.67 bits per heavy atom. The molecule has 154 valence electrons. The quantitative estimate of drug-likeness (QED) is 0.352. The molecule has 30 heavy (non-hydrogen) atoms. The smallest absolute Gasteiger partial charge is 0.161 e. The highest BCUT2D eigenvalue weighted by molar-refractivity contribution is 5.75. The molecule has 0 fully saturated rings. The number of fused-ring (bicyclic) bond motifs is 1. The zero-order chi connectivity index (χ0) is 20.8. The second kappa shape index (κ2) is 9.35. The molecule has 0 radical (unpaired) electrons. The molecule has 0 bridgehead atoms. The largest absolute Gasteiger partial charge is 0.493 e. The first-order chi connectivity index (χ1) is 14.7. The van der Waals surface area contributed by atoms with Crippen molar-refractivity contribution in [1.82, 2.24) is 9.55 Å². The van der Waals surface area contributed by atoms with Crippen LogP contribution in [-0.2, 0) is 13.2 Å². The highest BCUT2D eigenvalue weighted by atomic mass is 16.5. The predicted molar refractivity (Wildman–Crippen MR) is 118 cm³/mol. The minimum Gasteiger partial charge on any atom is -0.493 e. The molecule has 3 aromatic carbocycles. The van der Waals surface area contributed by atoms with E-state index in [1.165, 1.54) is 5.56 Å². The summed E-state index contributed by atoms with van der Waals surface area (Å²) in [6, 6.07) is 24.0. The Morgan fingerprint density at radius 1 is 0.867 bits per heavy atom. The summed E-state index contributed by atoms with van der Waals surface area (Å²) >= 11 is 0. The van der Waals surface area contributed by atoms with Crippen molar-refractivity contribution in [2.45, 2.75) is 26.5 Å². The Balaban J connectivity index is 1.45. The molecule has 0 unspecified atom stereocenters. The van der Waals surface area contributed by atoms with Crippen molar-refractivity contribution in [3.63, 3.8) is 0 Å². The molecule has 5 nitrogen and oxygen atoms in total. The van der Waals surface area contributed by atoms with Gasteiger partial charge in [-0.3, -0.25) is 0 Å².